The van der Waals surface area contributed by atoms with Crippen LogP contribution in [0.25, 0.3) is 0 Å². The summed E-state index contributed by atoms with van der Waals surface area (Å²) in [6, 6.07) is 7.76. The fourth-order valence-electron chi connectivity index (χ4n) is 5.39. The highest BCUT2D eigenvalue weighted by molar-refractivity contribution is 7.98. The first-order valence-corrected chi connectivity index (χ1v) is 14.8. The van der Waals surface area contributed by atoms with E-state index in [0.717, 1.165) is 55.6 Å². The minimum atomic E-state index is -4.56. The number of thioether (sulfide) groups is 1. The van der Waals surface area contributed by atoms with Gasteiger partial charge in [0.05, 0.1) is 32.0 Å². The zero-order valence-electron chi connectivity index (χ0n) is 24.4. The average Bonchev–Trinajstić information content (AvgIpc) is 2.96. The van der Waals surface area contributed by atoms with Gasteiger partial charge in [0.2, 0.25) is 0 Å². The number of rotatable bonds is 10. The van der Waals surface area contributed by atoms with Crippen molar-refractivity contribution in [2.75, 3.05) is 79.5 Å². The lowest BCUT2D eigenvalue weighted by Crippen LogP contribution is -2.57. The van der Waals surface area contributed by atoms with E-state index in [1.54, 1.807) is 30.4 Å². The molecule has 2 aliphatic rings. The Morgan fingerprint density at radius 3 is 2.40 bits per heavy atom. The molecule has 0 N–H and O–H groups in total. The van der Waals surface area contributed by atoms with E-state index in [1.807, 2.05) is 0 Å². The Balaban J connectivity index is 0.00000323. The quantitative estimate of drug-likeness (QED) is 0.256. The van der Waals surface area contributed by atoms with Crippen LogP contribution in [0.1, 0.15) is 21.5 Å². The molecule has 14 heteroatoms. The molecule has 43 heavy (non-hydrogen) atoms. The smallest absolute Gasteiger partial charge is 0.416 e. The number of methoxy groups -OCH3 is 2. The summed E-state index contributed by atoms with van der Waals surface area (Å²) < 4.78 is 71.0. The molecule has 0 saturated carbocycles. The molecule has 4 rings (SSSR count). The monoisotopic (exact) mass is 671 g/mol. The zero-order chi connectivity index (χ0) is 29.6. The van der Waals surface area contributed by atoms with E-state index in [1.165, 1.54) is 19.2 Å². The summed E-state index contributed by atoms with van der Waals surface area (Å²) in [4.78, 5) is 20.4. The Morgan fingerprint density at radius 1 is 1.02 bits per heavy atom. The first kappa shape index (κ1) is 37.4. The summed E-state index contributed by atoms with van der Waals surface area (Å²) in [6.07, 6.45) is -2.45. The molecule has 1 amide bonds. The Morgan fingerprint density at radius 2 is 1.74 bits per heavy atom. The topological polar surface area (TPSA) is 54.5 Å². The fourth-order valence-corrected chi connectivity index (χ4v) is 5.88. The number of hydrogen-bond acceptors (Lipinski definition) is 7. The fraction of sp³-hybridized carbons (Fsp3) is 0.552. The number of carbonyl (C=O) groups is 1. The van der Waals surface area contributed by atoms with Gasteiger partial charge in [-0.05, 0) is 48.6 Å². The molecule has 7 nitrogen and oxygen atoms in total. The minimum absolute atomic E-state index is 0. The Kier molecular flexibility index (Phi) is 14.8. The first-order valence-electron chi connectivity index (χ1n) is 13.6. The highest BCUT2D eigenvalue weighted by Crippen LogP contribution is 2.33. The SMILES string of the molecule is COC[C@@H]1CN(CCN2CCN(C(=O)c3cc(SC)cc(C(F)(F)F)c3)[C@H](Cc3ccc(F)c(OC)c3)C2)CCO1.Cl.Cl. The van der Waals surface area contributed by atoms with E-state index in [9.17, 15) is 22.4 Å². The third-order valence-corrected chi connectivity index (χ3v) is 8.25. The largest absolute Gasteiger partial charge is 0.494 e. The van der Waals surface area contributed by atoms with Crippen molar-refractivity contribution in [1.29, 1.82) is 0 Å². The molecule has 2 aromatic rings. The average molecular weight is 673 g/mol. The van der Waals surface area contributed by atoms with Crippen molar-refractivity contribution in [2.24, 2.45) is 0 Å². The predicted molar refractivity (Wildman–Crippen MR) is 164 cm³/mol. The maximum Gasteiger partial charge on any atom is 0.416 e. The number of alkyl halides is 3. The van der Waals surface area contributed by atoms with Crippen molar-refractivity contribution in [3.05, 3.63) is 58.9 Å². The van der Waals surface area contributed by atoms with Gasteiger partial charge >= 0.3 is 6.18 Å². The third-order valence-electron chi connectivity index (χ3n) is 7.54. The van der Waals surface area contributed by atoms with Crippen LogP contribution < -0.4 is 4.74 Å². The predicted octanol–water partition coefficient (Wildman–Crippen LogP) is 5.13. The summed E-state index contributed by atoms with van der Waals surface area (Å²) in [6.45, 7) is 5.85. The van der Waals surface area contributed by atoms with Crippen LogP contribution in [0.5, 0.6) is 5.75 Å². The van der Waals surface area contributed by atoms with Gasteiger partial charge in [-0.2, -0.15) is 13.2 Å². The number of halogens is 6. The minimum Gasteiger partial charge on any atom is -0.494 e. The molecule has 2 atom stereocenters. The molecule has 2 aromatic carbocycles. The number of nitrogens with zero attached hydrogens (tertiary/aromatic N) is 3. The van der Waals surface area contributed by atoms with Gasteiger partial charge in [-0.15, -0.1) is 36.6 Å². The van der Waals surface area contributed by atoms with Crippen molar-refractivity contribution >= 4 is 42.5 Å². The molecule has 2 saturated heterocycles. The number of hydrogen-bond donors (Lipinski definition) is 0. The van der Waals surface area contributed by atoms with Gasteiger partial charge < -0.3 is 19.1 Å². The zero-order valence-corrected chi connectivity index (χ0v) is 26.9. The van der Waals surface area contributed by atoms with Gasteiger partial charge in [-0.3, -0.25) is 14.6 Å². The molecular formula is C29H39Cl2F4N3O4S. The molecule has 0 bridgehead atoms. The highest BCUT2D eigenvalue weighted by atomic mass is 35.5. The van der Waals surface area contributed by atoms with Gasteiger partial charge in [0, 0.05) is 69.4 Å². The maximum absolute atomic E-state index is 14.1. The van der Waals surface area contributed by atoms with E-state index in [4.69, 9.17) is 14.2 Å². The lowest BCUT2D eigenvalue weighted by molar-refractivity contribution is -0.137. The molecule has 0 unspecified atom stereocenters. The molecule has 0 aromatic heterocycles. The van der Waals surface area contributed by atoms with Crippen LogP contribution in [0.15, 0.2) is 41.3 Å². The van der Waals surface area contributed by atoms with Gasteiger partial charge in [-0.1, -0.05) is 6.07 Å². The van der Waals surface area contributed by atoms with Crippen LogP contribution in [0.3, 0.4) is 0 Å². The standard InChI is InChI=1S/C29H37F4N3O4S.2ClH/c1-38-19-24-18-35(10-11-40-24)7-6-34-8-9-36(23(17-34)12-20-4-5-26(30)27(13-20)39-2)28(37)21-14-22(29(31,32)33)16-25(15-21)41-3;;/h4-5,13-16,23-24H,6-12,17-19H2,1-3H3;2*1H/t23-,24+;;/m1../s1. The van der Waals surface area contributed by atoms with E-state index < -0.39 is 23.5 Å². The molecule has 2 aliphatic heterocycles. The van der Waals surface area contributed by atoms with E-state index in [2.05, 4.69) is 9.80 Å². The van der Waals surface area contributed by atoms with Crippen LogP contribution in [0.4, 0.5) is 17.6 Å². The van der Waals surface area contributed by atoms with Gasteiger partial charge in [0.25, 0.3) is 5.91 Å². The van der Waals surface area contributed by atoms with Gasteiger partial charge in [0.1, 0.15) is 0 Å². The number of amides is 1. The van der Waals surface area contributed by atoms with Crippen molar-refractivity contribution in [1.82, 2.24) is 14.7 Å². The molecular weight excluding hydrogens is 633 g/mol. The molecule has 2 heterocycles. The number of benzene rings is 2. The van der Waals surface area contributed by atoms with E-state index >= 15 is 0 Å². The number of carbonyl (C=O) groups excluding carboxylic acids is 1. The summed E-state index contributed by atoms with van der Waals surface area (Å²) >= 11 is 1.16. The molecule has 2 fully saturated rings. The van der Waals surface area contributed by atoms with Crippen LogP contribution in [0.2, 0.25) is 0 Å². The van der Waals surface area contributed by atoms with Gasteiger partial charge in [0.15, 0.2) is 11.6 Å². The van der Waals surface area contributed by atoms with Crippen LogP contribution >= 0.6 is 36.6 Å². The van der Waals surface area contributed by atoms with Crippen molar-refractivity contribution in [3.63, 3.8) is 0 Å². The Hall–Kier alpha value is -1.80. The highest BCUT2D eigenvalue weighted by Gasteiger charge is 2.35. The second-order valence-electron chi connectivity index (χ2n) is 10.3. The van der Waals surface area contributed by atoms with E-state index in [0.29, 0.717) is 44.2 Å². The number of ether oxygens (including phenoxy) is 3. The van der Waals surface area contributed by atoms with Crippen LogP contribution in [-0.4, -0.2) is 112 Å². The van der Waals surface area contributed by atoms with Crippen molar-refractivity contribution in [3.8, 4) is 5.75 Å². The second kappa shape index (κ2) is 17.0. The van der Waals surface area contributed by atoms with Crippen molar-refractivity contribution in [2.45, 2.75) is 29.6 Å². The summed E-state index contributed by atoms with van der Waals surface area (Å²) in [5.74, 6) is -0.825. The number of piperazine rings is 1. The Bertz CT molecular complexity index is 1190. The Labute approximate surface area is 267 Å². The van der Waals surface area contributed by atoms with Gasteiger partial charge in [-0.25, -0.2) is 4.39 Å². The number of morpholine rings is 1. The first-order chi connectivity index (χ1) is 19.6. The lowest BCUT2D eigenvalue weighted by Gasteiger charge is -2.43. The van der Waals surface area contributed by atoms with Crippen LogP contribution in [0, 0.1) is 5.82 Å². The van der Waals surface area contributed by atoms with Crippen molar-refractivity contribution < 1.29 is 36.6 Å². The molecule has 0 radical (unpaired) electrons. The van der Waals surface area contributed by atoms with E-state index in [-0.39, 0.29) is 48.3 Å². The molecule has 242 valence electrons. The summed E-state index contributed by atoms with van der Waals surface area (Å²) in [5, 5.41) is 0. The maximum atomic E-state index is 14.1. The second-order valence-corrected chi connectivity index (χ2v) is 11.2. The molecule has 0 spiro atoms. The van der Waals surface area contributed by atoms with Crippen LogP contribution in [-0.2, 0) is 22.1 Å². The lowest BCUT2D eigenvalue weighted by atomic mass is 10.00. The summed E-state index contributed by atoms with van der Waals surface area (Å²) in [7, 11) is 3.04. The third kappa shape index (κ3) is 10.1. The molecule has 0 aliphatic carbocycles. The summed E-state index contributed by atoms with van der Waals surface area (Å²) in [5.41, 5.74) is -0.0578. The normalized spacial score (nSPS) is 19.8.